The molecule has 11 rings (SSSR count). The predicted octanol–water partition coefficient (Wildman–Crippen LogP) is 7.07. The van der Waals surface area contributed by atoms with Crippen LogP contribution in [0.25, 0.3) is 6.08 Å². The number of amides is 2. The Morgan fingerprint density at radius 1 is 0.915 bits per heavy atom. The molecule has 378 valence electrons. The average molecular weight is 972 g/mol. The summed E-state index contributed by atoms with van der Waals surface area (Å²) in [5.41, 5.74) is 5.11. The highest BCUT2D eigenvalue weighted by atomic mass is 16.8. The first-order valence-electron chi connectivity index (χ1n) is 25.9. The van der Waals surface area contributed by atoms with Gasteiger partial charge >= 0.3 is 11.9 Å². The molecule has 11 atom stereocenters. The van der Waals surface area contributed by atoms with E-state index in [4.69, 9.17) is 28.5 Å². The third kappa shape index (κ3) is 9.05. The standard InChI is InChI=1S/C57H69N3O11/c1-53(2,3)68-45(62)21-19-40(32-61)59-50(63)37-13-9-10-35(25-37)30-58-52(65)57-29-43-46-47(70-56(69-46)26-38-11-7-8-12-39(38)27-56)49(57)71-60(48(57)51(64)66-43)31-34-16-14-33(15-17-34)24-36-18-20-44-55(6,67-44)23-22-42-41(36)28-54(42,4)5/h7-17,24-25,40-44,46-49,61H,18-23,26-32H2,1-6H3,(H,58,65)(H,59,63)/t40-,41+,42+,43+,44?,46-,47-,48-,49+,55+,57-/m0/s1. The molecule has 4 heterocycles. The smallest absolute Gasteiger partial charge is 0.327 e. The molecule has 8 aliphatic rings. The van der Waals surface area contributed by atoms with Gasteiger partial charge < -0.3 is 39.4 Å². The zero-order valence-electron chi connectivity index (χ0n) is 41.9. The van der Waals surface area contributed by atoms with Gasteiger partial charge in [-0.25, -0.2) is 0 Å². The Bertz CT molecular complexity index is 2600. The third-order valence-corrected chi connectivity index (χ3v) is 17.1. The summed E-state index contributed by atoms with van der Waals surface area (Å²) in [7, 11) is 0. The van der Waals surface area contributed by atoms with E-state index in [1.165, 1.54) is 18.4 Å². The van der Waals surface area contributed by atoms with E-state index in [-0.39, 0.29) is 50.5 Å². The van der Waals surface area contributed by atoms with Crippen molar-refractivity contribution in [2.75, 3.05) is 6.61 Å². The van der Waals surface area contributed by atoms with Gasteiger partial charge in [-0.15, -0.1) is 0 Å². The second-order valence-electron chi connectivity index (χ2n) is 23.6. The van der Waals surface area contributed by atoms with Crippen LogP contribution in [0.1, 0.15) is 131 Å². The van der Waals surface area contributed by atoms with Crippen molar-refractivity contribution in [3.63, 3.8) is 0 Å². The van der Waals surface area contributed by atoms with E-state index in [9.17, 15) is 19.5 Å². The number of allylic oxidation sites excluding steroid dienone is 1. The molecule has 7 fully saturated rings. The molecular formula is C57H69N3O11. The fourth-order valence-electron chi connectivity index (χ4n) is 13.4. The van der Waals surface area contributed by atoms with E-state index in [1.54, 1.807) is 44.0 Å². The Morgan fingerprint density at radius 2 is 1.66 bits per heavy atom. The molecule has 3 saturated carbocycles. The number of hydroxylamine groups is 2. The molecule has 0 radical (unpaired) electrons. The van der Waals surface area contributed by atoms with Crippen molar-refractivity contribution >= 4 is 29.8 Å². The molecule has 3 aromatic rings. The summed E-state index contributed by atoms with van der Waals surface area (Å²) in [5, 5.41) is 17.6. The Balaban J connectivity index is 0.824. The minimum atomic E-state index is -1.39. The molecule has 14 nitrogen and oxygen atoms in total. The van der Waals surface area contributed by atoms with E-state index in [0.29, 0.717) is 47.3 Å². The number of nitrogens with one attached hydrogen (secondary N) is 2. The number of hydrogen-bond acceptors (Lipinski definition) is 12. The minimum absolute atomic E-state index is 0.0285. The lowest BCUT2D eigenvalue weighted by Crippen LogP contribution is -2.69. The second-order valence-corrected chi connectivity index (χ2v) is 23.6. The van der Waals surface area contributed by atoms with Gasteiger partial charge in [-0.1, -0.05) is 86.2 Å². The van der Waals surface area contributed by atoms with Crippen molar-refractivity contribution in [2.24, 2.45) is 22.7 Å². The van der Waals surface area contributed by atoms with E-state index < -0.39 is 71.1 Å². The van der Waals surface area contributed by atoms with Crippen LogP contribution in [0, 0.1) is 22.7 Å². The van der Waals surface area contributed by atoms with Crippen molar-refractivity contribution in [3.8, 4) is 0 Å². The van der Waals surface area contributed by atoms with E-state index >= 15 is 4.79 Å². The Kier molecular flexibility index (Phi) is 12.2. The number of fused-ring (bicyclic) bond motifs is 7. The fourth-order valence-corrected chi connectivity index (χ4v) is 13.4. The van der Waals surface area contributed by atoms with Crippen LogP contribution in [0.15, 0.2) is 78.4 Å². The predicted molar refractivity (Wildman–Crippen MR) is 261 cm³/mol. The summed E-state index contributed by atoms with van der Waals surface area (Å²) in [4.78, 5) is 62.3. The summed E-state index contributed by atoms with van der Waals surface area (Å²) >= 11 is 0. The number of carbonyl (C=O) groups is 4. The second kappa shape index (κ2) is 17.9. The van der Waals surface area contributed by atoms with Gasteiger partial charge in [0.2, 0.25) is 5.91 Å². The highest BCUT2D eigenvalue weighted by Gasteiger charge is 2.76. The van der Waals surface area contributed by atoms with E-state index in [0.717, 1.165) is 41.5 Å². The molecule has 1 spiro atoms. The summed E-state index contributed by atoms with van der Waals surface area (Å²) < 4.78 is 31.7. The quantitative estimate of drug-likeness (QED) is 0.125. The zero-order valence-corrected chi connectivity index (χ0v) is 41.9. The summed E-state index contributed by atoms with van der Waals surface area (Å²) in [5.74, 6) is -1.54. The SMILES string of the molecule is CC(C)(C)OC(=O)CC[C@@H](CO)NC(=O)c1cccc(CNC(=O)[C@@]23C[C@H]4OC(=O)[C@@H]2N(Cc2ccc(C=C5CCC6O[C@]6(C)CC[C@@H]6[C@@H]5CC6(C)C)cc2)O[C@@H]3[C@H]2OC3(Cc5ccccc5C3)O[C@H]24)c1. The molecule has 4 aliphatic heterocycles. The number of epoxide rings is 1. The maximum Gasteiger partial charge on any atom is 0.327 e. The maximum absolute atomic E-state index is 15.2. The van der Waals surface area contributed by atoms with Crippen LogP contribution in [0.5, 0.6) is 0 Å². The number of nitrogens with zero attached hydrogens (tertiary/aromatic N) is 1. The first kappa shape index (κ1) is 48.3. The summed E-state index contributed by atoms with van der Waals surface area (Å²) in [6.07, 6.45) is 6.80. The summed E-state index contributed by atoms with van der Waals surface area (Å²) in [6, 6.07) is 21.7. The molecule has 1 unspecified atom stereocenters. The molecule has 14 heteroatoms. The van der Waals surface area contributed by atoms with Gasteiger partial charge in [0, 0.05) is 37.8 Å². The first-order valence-corrected chi connectivity index (χ1v) is 25.9. The normalized spacial score (nSPS) is 33.7. The molecule has 4 aliphatic carbocycles. The van der Waals surface area contributed by atoms with Crippen molar-refractivity contribution in [1.82, 2.24) is 15.7 Å². The Morgan fingerprint density at radius 3 is 2.38 bits per heavy atom. The maximum atomic E-state index is 15.2. The highest BCUT2D eigenvalue weighted by molar-refractivity contribution is 5.95. The Labute approximate surface area is 416 Å². The summed E-state index contributed by atoms with van der Waals surface area (Å²) in [6.45, 7) is 12.4. The molecule has 4 saturated heterocycles. The number of aliphatic hydroxyl groups is 1. The van der Waals surface area contributed by atoms with Crippen LogP contribution in [-0.4, -0.2) is 100 Å². The van der Waals surface area contributed by atoms with Gasteiger partial charge in [0.25, 0.3) is 5.91 Å². The lowest BCUT2D eigenvalue weighted by Gasteiger charge is -2.53. The van der Waals surface area contributed by atoms with Gasteiger partial charge in [-0.2, -0.15) is 5.06 Å². The lowest BCUT2D eigenvalue weighted by molar-refractivity contribution is -0.217. The average Bonchev–Trinajstić information content (AvgIpc) is 3.59. The lowest BCUT2D eigenvalue weighted by atomic mass is 9.52. The Hall–Kier alpha value is -4.96. The number of rotatable bonds is 12. The zero-order chi connectivity index (χ0) is 49.7. The number of esters is 2. The molecule has 2 amide bonds. The van der Waals surface area contributed by atoms with Crippen LogP contribution < -0.4 is 10.6 Å². The van der Waals surface area contributed by atoms with Crippen LogP contribution in [0.2, 0.25) is 0 Å². The van der Waals surface area contributed by atoms with Gasteiger partial charge in [-0.3, -0.25) is 24.0 Å². The molecule has 3 aromatic carbocycles. The number of hydrogen-bond donors (Lipinski definition) is 3. The monoisotopic (exact) mass is 971 g/mol. The van der Waals surface area contributed by atoms with Gasteiger partial charge in [0.05, 0.1) is 30.9 Å². The van der Waals surface area contributed by atoms with Crippen LogP contribution in [-0.2, 0) is 68.8 Å². The fraction of sp³-hybridized carbons (Fsp3) is 0.579. The topological polar surface area (TPSA) is 174 Å². The largest absolute Gasteiger partial charge is 0.460 e. The third-order valence-electron chi connectivity index (χ3n) is 17.1. The van der Waals surface area contributed by atoms with Gasteiger partial charge in [0.1, 0.15) is 35.4 Å². The molecular weight excluding hydrogens is 903 g/mol. The minimum Gasteiger partial charge on any atom is -0.460 e. The van der Waals surface area contributed by atoms with Crippen molar-refractivity contribution in [1.29, 1.82) is 0 Å². The molecule has 3 N–H and O–H groups in total. The van der Waals surface area contributed by atoms with Crippen molar-refractivity contribution in [2.45, 2.75) is 178 Å². The van der Waals surface area contributed by atoms with Crippen LogP contribution in [0.4, 0.5) is 0 Å². The number of carbonyl (C=O) groups excluding carboxylic acids is 4. The van der Waals surface area contributed by atoms with Crippen LogP contribution in [0.3, 0.4) is 0 Å². The van der Waals surface area contributed by atoms with E-state index in [2.05, 4.69) is 73.9 Å². The van der Waals surface area contributed by atoms with Gasteiger partial charge in [-0.05, 0) is 123 Å². The van der Waals surface area contributed by atoms with E-state index in [1.807, 2.05) is 18.2 Å². The van der Waals surface area contributed by atoms with Crippen LogP contribution >= 0.6 is 0 Å². The number of aliphatic hydroxyl groups excluding tert-OH is 1. The van der Waals surface area contributed by atoms with Crippen molar-refractivity contribution in [3.05, 3.63) is 112 Å². The van der Waals surface area contributed by atoms with Gasteiger partial charge in [0.15, 0.2) is 11.8 Å². The molecule has 0 aromatic heterocycles. The number of ether oxygens (including phenoxy) is 5. The highest BCUT2D eigenvalue weighted by Crippen LogP contribution is 2.61. The first-order chi connectivity index (χ1) is 33.8. The number of benzene rings is 3. The molecule has 71 heavy (non-hydrogen) atoms. The molecule has 2 bridgehead atoms. The van der Waals surface area contributed by atoms with Crippen molar-refractivity contribution < 1.29 is 52.8 Å².